The fraction of sp³-hybridized carbons (Fsp3) is 0.462. The fourth-order valence-corrected chi connectivity index (χ4v) is 1.75. The normalized spacial score (nSPS) is 16.8. The van der Waals surface area contributed by atoms with Crippen LogP contribution >= 0.6 is 15.9 Å². The molecule has 0 spiro atoms. The molecule has 1 fully saturated rings. The van der Waals surface area contributed by atoms with Gasteiger partial charge >= 0.3 is 0 Å². The molecule has 1 aliphatic carbocycles. The number of halogens is 1. The zero-order valence-corrected chi connectivity index (χ0v) is 11.8. The Morgan fingerprint density at radius 2 is 2.06 bits per heavy atom. The van der Waals surface area contributed by atoms with Crippen LogP contribution in [-0.4, -0.2) is 18.1 Å². The topological polar surface area (TPSA) is 47.6 Å². The summed E-state index contributed by atoms with van der Waals surface area (Å²) in [4.78, 5) is 16.9. The summed E-state index contributed by atoms with van der Waals surface area (Å²) in [5.74, 6) is 0.398. The predicted octanol–water partition coefficient (Wildman–Crippen LogP) is 2.82. The van der Waals surface area contributed by atoms with E-state index in [0.717, 1.165) is 17.3 Å². The maximum Gasteiger partial charge on any atom is 0.284 e. The molecule has 98 valence electrons. The van der Waals surface area contributed by atoms with Crippen LogP contribution in [0.1, 0.15) is 26.2 Å². The van der Waals surface area contributed by atoms with E-state index in [0.29, 0.717) is 5.75 Å². The molecule has 1 aliphatic rings. The lowest BCUT2D eigenvalue weighted by Gasteiger charge is -2.25. The average Bonchev–Trinajstić information content (AvgIpc) is 2.30. The minimum absolute atomic E-state index is 0.175. The molecule has 18 heavy (non-hydrogen) atoms. The second-order valence-electron chi connectivity index (χ2n) is 4.35. The number of amides is 1. The van der Waals surface area contributed by atoms with E-state index >= 15 is 0 Å². The van der Waals surface area contributed by atoms with Crippen LogP contribution < -0.4 is 10.2 Å². The third kappa shape index (κ3) is 3.71. The van der Waals surface area contributed by atoms with Gasteiger partial charge in [-0.25, -0.2) is 5.48 Å². The van der Waals surface area contributed by atoms with Crippen molar-refractivity contribution >= 4 is 21.8 Å². The van der Waals surface area contributed by atoms with Crippen LogP contribution in [0, 0.1) is 0 Å². The quantitative estimate of drug-likeness (QED) is 0.850. The zero-order valence-electron chi connectivity index (χ0n) is 10.2. The highest BCUT2D eigenvalue weighted by molar-refractivity contribution is 9.10. The Balaban J connectivity index is 1.77. The van der Waals surface area contributed by atoms with E-state index in [1.807, 2.05) is 12.1 Å². The van der Waals surface area contributed by atoms with Crippen molar-refractivity contribution in [3.05, 3.63) is 28.7 Å². The monoisotopic (exact) mass is 313 g/mol. The van der Waals surface area contributed by atoms with Crippen LogP contribution in [0.25, 0.3) is 0 Å². The van der Waals surface area contributed by atoms with Gasteiger partial charge in [0.1, 0.15) is 5.75 Å². The summed E-state index contributed by atoms with van der Waals surface area (Å²) >= 11 is 3.34. The lowest BCUT2D eigenvalue weighted by molar-refractivity contribution is -0.149. The average molecular weight is 314 g/mol. The first-order chi connectivity index (χ1) is 8.65. The number of benzene rings is 1. The van der Waals surface area contributed by atoms with Crippen LogP contribution in [0.3, 0.4) is 0 Å². The van der Waals surface area contributed by atoms with Crippen LogP contribution in [0.15, 0.2) is 28.7 Å². The van der Waals surface area contributed by atoms with E-state index in [1.54, 1.807) is 19.1 Å². The molecule has 0 aromatic heterocycles. The Morgan fingerprint density at radius 3 is 2.61 bits per heavy atom. The smallest absolute Gasteiger partial charge is 0.284 e. The summed E-state index contributed by atoms with van der Waals surface area (Å²) in [7, 11) is 0. The minimum atomic E-state index is -0.578. The van der Waals surface area contributed by atoms with Crippen molar-refractivity contribution in [2.75, 3.05) is 0 Å². The van der Waals surface area contributed by atoms with Gasteiger partial charge in [-0.2, -0.15) is 0 Å². The molecule has 1 aromatic carbocycles. The van der Waals surface area contributed by atoms with E-state index in [1.165, 1.54) is 6.42 Å². The first-order valence-electron chi connectivity index (χ1n) is 6.03. The molecule has 1 aromatic rings. The number of ether oxygens (including phenoxy) is 1. The molecule has 1 atom stereocenters. The first-order valence-corrected chi connectivity index (χ1v) is 6.82. The Bertz CT molecular complexity index is 403. The molecule has 1 saturated carbocycles. The molecule has 0 aliphatic heterocycles. The summed E-state index contributed by atoms with van der Waals surface area (Å²) in [6.07, 6.45) is 2.80. The molecule has 1 amide bonds. The van der Waals surface area contributed by atoms with Gasteiger partial charge in [0.25, 0.3) is 5.91 Å². The Morgan fingerprint density at radius 1 is 1.39 bits per heavy atom. The fourth-order valence-electron chi connectivity index (χ4n) is 1.48. The van der Waals surface area contributed by atoms with Gasteiger partial charge in [-0.1, -0.05) is 15.9 Å². The lowest BCUT2D eigenvalue weighted by Crippen LogP contribution is -2.40. The largest absolute Gasteiger partial charge is 0.481 e. The minimum Gasteiger partial charge on any atom is -0.481 e. The lowest BCUT2D eigenvalue weighted by atomic mass is 9.97. The maximum atomic E-state index is 11.7. The molecular weight excluding hydrogens is 298 g/mol. The highest BCUT2D eigenvalue weighted by atomic mass is 79.9. The molecule has 4 nitrogen and oxygen atoms in total. The third-order valence-electron chi connectivity index (χ3n) is 2.87. The number of rotatable bonds is 5. The summed E-state index contributed by atoms with van der Waals surface area (Å²) in [5.41, 5.74) is 2.44. The third-order valence-corrected chi connectivity index (χ3v) is 3.40. The first kappa shape index (κ1) is 13.4. The maximum absolute atomic E-state index is 11.7. The second kappa shape index (κ2) is 6.20. The van der Waals surface area contributed by atoms with Gasteiger partial charge in [0.2, 0.25) is 0 Å². The number of nitrogens with one attached hydrogen (secondary N) is 1. The number of hydrogen-bond acceptors (Lipinski definition) is 3. The number of carbonyl (C=O) groups excluding carboxylic acids is 1. The summed E-state index contributed by atoms with van der Waals surface area (Å²) in [6.45, 7) is 1.70. The van der Waals surface area contributed by atoms with Crippen LogP contribution in [-0.2, 0) is 9.63 Å². The molecule has 0 saturated heterocycles. The van der Waals surface area contributed by atoms with Crippen molar-refractivity contribution < 1.29 is 14.4 Å². The predicted molar refractivity (Wildman–Crippen MR) is 71.1 cm³/mol. The van der Waals surface area contributed by atoms with Gasteiger partial charge in [0.15, 0.2) is 6.10 Å². The van der Waals surface area contributed by atoms with Crippen molar-refractivity contribution in [1.29, 1.82) is 0 Å². The van der Waals surface area contributed by atoms with E-state index in [4.69, 9.17) is 9.57 Å². The standard InChI is InChI=1S/C13H16BrNO3/c1-9(13(16)15-18-12-3-2-4-12)17-11-7-5-10(14)6-8-11/h5-9,12H,2-4H2,1H3,(H,15,16)/t9-/m0/s1. The van der Waals surface area contributed by atoms with Crippen molar-refractivity contribution in [1.82, 2.24) is 5.48 Å². The molecule has 2 rings (SSSR count). The Hall–Kier alpha value is -1.07. The van der Waals surface area contributed by atoms with E-state index < -0.39 is 6.10 Å². The van der Waals surface area contributed by atoms with Crippen molar-refractivity contribution in [2.45, 2.75) is 38.4 Å². The number of hydroxylamine groups is 1. The highest BCUT2D eigenvalue weighted by Gasteiger charge is 2.21. The summed E-state index contributed by atoms with van der Waals surface area (Å²) in [6, 6.07) is 7.34. The van der Waals surface area contributed by atoms with Crippen molar-refractivity contribution in [3.63, 3.8) is 0 Å². The number of hydrogen-bond donors (Lipinski definition) is 1. The number of carbonyl (C=O) groups is 1. The van der Waals surface area contributed by atoms with E-state index in [2.05, 4.69) is 21.4 Å². The molecule has 0 unspecified atom stereocenters. The molecule has 5 heteroatoms. The molecular formula is C13H16BrNO3. The molecule has 0 bridgehead atoms. The molecule has 0 radical (unpaired) electrons. The Labute approximate surface area is 115 Å². The van der Waals surface area contributed by atoms with Gasteiger partial charge in [-0.05, 0) is 50.5 Å². The summed E-state index contributed by atoms with van der Waals surface area (Å²) < 4.78 is 6.47. The molecule has 1 N–H and O–H groups in total. The van der Waals surface area contributed by atoms with Gasteiger partial charge in [0.05, 0.1) is 6.10 Å². The van der Waals surface area contributed by atoms with Crippen LogP contribution in [0.2, 0.25) is 0 Å². The van der Waals surface area contributed by atoms with Crippen LogP contribution in [0.5, 0.6) is 5.75 Å². The van der Waals surface area contributed by atoms with Crippen molar-refractivity contribution in [3.8, 4) is 5.75 Å². The molecule has 0 heterocycles. The van der Waals surface area contributed by atoms with Gasteiger partial charge in [0, 0.05) is 4.47 Å². The SMILES string of the molecule is C[C@H](Oc1ccc(Br)cc1)C(=O)NOC1CCC1. The van der Waals surface area contributed by atoms with Gasteiger partial charge < -0.3 is 4.74 Å². The zero-order chi connectivity index (χ0) is 13.0. The van der Waals surface area contributed by atoms with E-state index in [-0.39, 0.29) is 12.0 Å². The summed E-state index contributed by atoms with van der Waals surface area (Å²) in [5, 5.41) is 0. The van der Waals surface area contributed by atoms with Crippen molar-refractivity contribution in [2.24, 2.45) is 0 Å². The Kier molecular flexibility index (Phi) is 4.60. The highest BCUT2D eigenvalue weighted by Crippen LogP contribution is 2.21. The second-order valence-corrected chi connectivity index (χ2v) is 5.27. The van der Waals surface area contributed by atoms with Gasteiger partial charge in [-0.3, -0.25) is 9.63 Å². The van der Waals surface area contributed by atoms with Crippen LogP contribution in [0.4, 0.5) is 0 Å². The van der Waals surface area contributed by atoms with E-state index in [9.17, 15) is 4.79 Å². The van der Waals surface area contributed by atoms with Gasteiger partial charge in [-0.15, -0.1) is 0 Å².